The van der Waals surface area contributed by atoms with Crippen LogP contribution in [0.5, 0.6) is 0 Å². The number of thiophene rings is 1. The Morgan fingerprint density at radius 3 is 2.82 bits per heavy atom. The SMILES string of the molecule is CN(Cc1cc([N+](=O)[O-])ccc1Cl)C(=O)CCc1ccsc1. The molecule has 0 saturated carbocycles. The van der Waals surface area contributed by atoms with E-state index >= 15 is 0 Å². The van der Waals surface area contributed by atoms with Crippen LogP contribution in [-0.4, -0.2) is 22.8 Å². The number of hydrogen-bond acceptors (Lipinski definition) is 4. The van der Waals surface area contributed by atoms with Crippen LogP contribution in [0, 0.1) is 10.1 Å². The lowest BCUT2D eigenvalue weighted by atomic mass is 10.1. The lowest BCUT2D eigenvalue weighted by Crippen LogP contribution is -2.26. The topological polar surface area (TPSA) is 63.4 Å². The Balaban J connectivity index is 1.98. The van der Waals surface area contributed by atoms with Gasteiger partial charge in [-0.1, -0.05) is 11.6 Å². The van der Waals surface area contributed by atoms with Gasteiger partial charge in [0.1, 0.15) is 0 Å². The van der Waals surface area contributed by atoms with E-state index in [-0.39, 0.29) is 18.1 Å². The highest BCUT2D eigenvalue weighted by atomic mass is 35.5. The van der Waals surface area contributed by atoms with Gasteiger partial charge in [0.15, 0.2) is 0 Å². The van der Waals surface area contributed by atoms with E-state index in [0.29, 0.717) is 23.4 Å². The van der Waals surface area contributed by atoms with Crippen molar-refractivity contribution >= 4 is 34.5 Å². The second-order valence-corrected chi connectivity index (χ2v) is 6.10. The molecule has 116 valence electrons. The molecule has 0 spiro atoms. The number of benzene rings is 1. The predicted molar refractivity (Wildman–Crippen MR) is 87.2 cm³/mol. The van der Waals surface area contributed by atoms with Crippen molar-refractivity contribution in [2.45, 2.75) is 19.4 Å². The van der Waals surface area contributed by atoms with E-state index in [9.17, 15) is 14.9 Å². The third kappa shape index (κ3) is 4.29. The lowest BCUT2D eigenvalue weighted by molar-refractivity contribution is -0.384. The maximum Gasteiger partial charge on any atom is 0.269 e. The second-order valence-electron chi connectivity index (χ2n) is 4.91. The quantitative estimate of drug-likeness (QED) is 0.592. The number of rotatable bonds is 6. The first-order valence-electron chi connectivity index (χ1n) is 6.65. The van der Waals surface area contributed by atoms with E-state index in [1.165, 1.54) is 23.1 Å². The summed E-state index contributed by atoms with van der Waals surface area (Å²) in [6, 6.07) is 6.24. The normalized spacial score (nSPS) is 10.5. The van der Waals surface area contributed by atoms with E-state index in [2.05, 4.69) is 0 Å². The van der Waals surface area contributed by atoms with Gasteiger partial charge in [-0.3, -0.25) is 14.9 Å². The van der Waals surface area contributed by atoms with Gasteiger partial charge >= 0.3 is 0 Å². The van der Waals surface area contributed by atoms with Crippen molar-refractivity contribution in [2.75, 3.05) is 7.05 Å². The molecule has 2 aromatic rings. The van der Waals surface area contributed by atoms with Gasteiger partial charge in [-0.05, 0) is 40.4 Å². The van der Waals surface area contributed by atoms with Crippen LogP contribution in [0.3, 0.4) is 0 Å². The third-order valence-corrected chi connectivity index (χ3v) is 4.38. The number of carbonyl (C=O) groups is 1. The molecule has 7 heteroatoms. The van der Waals surface area contributed by atoms with Gasteiger partial charge in [-0.2, -0.15) is 11.3 Å². The third-order valence-electron chi connectivity index (χ3n) is 3.28. The van der Waals surface area contributed by atoms with Gasteiger partial charge in [0.05, 0.1) is 4.92 Å². The minimum atomic E-state index is -0.474. The molecular formula is C15H15ClN2O3S. The van der Waals surface area contributed by atoms with Gasteiger partial charge in [-0.25, -0.2) is 0 Å². The summed E-state index contributed by atoms with van der Waals surface area (Å²) in [4.78, 5) is 24.0. The minimum absolute atomic E-state index is 0.0197. The Labute approximate surface area is 137 Å². The fourth-order valence-corrected chi connectivity index (χ4v) is 2.90. The number of hydrogen-bond donors (Lipinski definition) is 0. The smallest absolute Gasteiger partial charge is 0.269 e. The van der Waals surface area contributed by atoms with Crippen LogP contribution >= 0.6 is 22.9 Å². The van der Waals surface area contributed by atoms with Gasteiger partial charge in [-0.15, -0.1) is 0 Å². The molecule has 0 aliphatic rings. The predicted octanol–water partition coefficient (Wildman–Crippen LogP) is 3.90. The molecule has 0 saturated heterocycles. The molecule has 0 atom stereocenters. The number of nitro benzene ring substituents is 1. The van der Waals surface area contributed by atoms with E-state index in [0.717, 1.165) is 5.56 Å². The van der Waals surface area contributed by atoms with Gasteiger partial charge in [0.25, 0.3) is 5.69 Å². The second kappa shape index (κ2) is 7.38. The zero-order valence-corrected chi connectivity index (χ0v) is 13.6. The fraction of sp³-hybridized carbons (Fsp3) is 0.267. The summed E-state index contributed by atoms with van der Waals surface area (Å²) in [5.74, 6) is -0.0197. The average Bonchev–Trinajstić information content (AvgIpc) is 3.00. The molecule has 5 nitrogen and oxygen atoms in total. The van der Waals surface area contributed by atoms with Crippen molar-refractivity contribution in [3.63, 3.8) is 0 Å². The molecule has 1 heterocycles. The molecule has 22 heavy (non-hydrogen) atoms. The Morgan fingerprint density at radius 2 is 2.18 bits per heavy atom. The number of nitrogens with zero attached hydrogens (tertiary/aromatic N) is 2. The zero-order valence-electron chi connectivity index (χ0n) is 12.0. The molecular weight excluding hydrogens is 324 g/mol. The van der Waals surface area contributed by atoms with Crippen LogP contribution in [0.2, 0.25) is 5.02 Å². The molecule has 0 aliphatic heterocycles. The highest BCUT2D eigenvalue weighted by Gasteiger charge is 2.14. The molecule has 1 aromatic heterocycles. The molecule has 1 aromatic carbocycles. The van der Waals surface area contributed by atoms with Gasteiger partial charge in [0.2, 0.25) is 5.91 Å². The molecule has 0 fully saturated rings. The Bertz CT molecular complexity index is 673. The summed E-state index contributed by atoms with van der Waals surface area (Å²) in [6.07, 6.45) is 1.09. The fourth-order valence-electron chi connectivity index (χ4n) is 2.02. The number of halogens is 1. The van der Waals surface area contributed by atoms with E-state index in [4.69, 9.17) is 11.6 Å². The Morgan fingerprint density at radius 1 is 1.41 bits per heavy atom. The highest BCUT2D eigenvalue weighted by Crippen LogP contribution is 2.23. The Kier molecular flexibility index (Phi) is 5.51. The van der Waals surface area contributed by atoms with E-state index in [1.807, 2.05) is 16.8 Å². The van der Waals surface area contributed by atoms with Crippen LogP contribution in [0.15, 0.2) is 35.0 Å². The molecule has 1 amide bonds. The maximum absolute atomic E-state index is 12.1. The molecule has 0 N–H and O–H groups in total. The molecule has 0 radical (unpaired) electrons. The van der Waals surface area contributed by atoms with Crippen molar-refractivity contribution in [3.05, 3.63) is 61.3 Å². The van der Waals surface area contributed by atoms with Gasteiger partial charge < -0.3 is 4.90 Å². The lowest BCUT2D eigenvalue weighted by Gasteiger charge is -2.18. The van der Waals surface area contributed by atoms with Gasteiger partial charge in [0, 0.05) is 37.2 Å². The van der Waals surface area contributed by atoms with E-state index in [1.54, 1.807) is 18.4 Å². The van der Waals surface area contributed by atoms with Crippen molar-refractivity contribution in [3.8, 4) is 0 Å². The van der Waals surface area contributed by atoms with Crippen LogP contribution in [0.25, 0.3) is 0 Å². The number of carbonyl (C=O) groups excluding carboxylic acids is 1. The zero-order chi connectivity index (χ0) is 16.1. The summed E-state index contributed by atoms with van der Waals surface area (Å²) < 4.78 is 0. The summed E-state index contributed by atoms with van der Waals surface area (Å²) in [5.41, 5.74) is 1.68. The van der Waals surface area contributed by atoms with Crippen LogP contribution in [-0.2, 0) is 17.8 Å². The average molecular weight is 339 g/mol. The highest BCUT2D eigenvalue weighted by molar-refractivity contribution is 7.07. The molecule has 0 unspecified atom stereocenters. The summed E-state index contributed by atoms with van der Waals surface area (Å²) in [5, 5.41) is 15.2. The van der Waals surface area contributed by atoms with E-state index < -0.39 is 4.92 Å². The van der Waals surface area contributed by atoms with Crippen molar-refractivity contribution in [1.82, 2.24) is 4.90 Å². The number of non-ortho nitro benzene ring substituents is 1. The largest absolute Gasteiger partial charge is 0.341 e. The van der Waals surface area contributed by atoms with Crippen molar-refractivity contribution < 1.29 is 9.72 Å². The van der Waals surface area contributed by atoms with Crippen LogP contribution in [0.4, 0.5) is 5.69 Å². The first kappa shape index (κ1) is 16.5. The molecule has 0 bridgehead atoms. The van der Waals surface area contributed by atoms with Crippen molar-refractivity contribution in [2.24, 2.45) is 0 Å². The number of amides is 1. The summed E-state index contributed by atoms with van der Waals surface area (Å²) in [7, 11) is 1.67. The van der Waals surface area contributed by atoms with Crippen molar-refractivity contribution in [1.29, 1.82) is 0 Å². The molecule has 0 aliphatic carbocycles. The monoisotopic (exact) mass is 338 g/mol. The Hall–Kier alpha value is -1.92. The summed E-state index contributed by atoms with van der Waals surface area (Å²) >= 11 is 7.65. The van der Waals surface area contributed by atoms with Crippen LogP contribution in [0.1, 0.15) is 17.5 Å². The summed E-state index contributed by atoms with van der Waals surface area (Å²) in [6.45, 7) is 0.253. The first-order valence-corrected chi connectivity index (χ1v) is 7.97. The minimum Gasteiger partial charge on any atom is -0.341 e. The maximum atomic E-state index is 12.1. The standard InChI is InChI=1S/C15H15ClN2O3S/c1-17(15(19)5-2-11-6-7-22-10-11)9-12-8-13(18(20)21)3-4-14(12)16/h3-4,6-8,10H,2,5,9H2,1H3. The number of aryl methyl sites for hydroxylation is 1. The molecule has 2 rings (SSSR count). The first-order chi connectivity index (χ1) is 10.5. The number of nitro groups is 1. The van der Waals surface area contributed by atoms with Crippen LogP contribution < -0.4 is 0 Å².